The first-order chi connectivity index (χ1) is 8.97. The number of amides is 1. The molecule has 1 amide bonds. The summed E-state index contributed by atoms with van der Waals surface area (Å²) < 4.78 is 6.17. The number of thiocarbonyl (C=S) groups is 1. The molecule has 0 radical (unpaired) electrons. The molecule has 1 aromatic rings. The van der Waals surface area contributed by atoms with Gasteiger partial charge < -0.3 is 20.4 Å². The number of ether oxygens (including phenoxy) is 1. The molecule has 0 atom stereocenters. The van der Waals surface area contributed by atoms with Crippen molar-refractivity contribution >= 4 is 23.1 Å². The van der Waals surface area contributed by atoms with Gasteiger partial charge in [0.05, 0.1) is 12.2 Å². The van der Waals surface area contributed by atoms with Crippen molar-refractivity contribution < 1.29 is 9.53 Å². The molecule has 1 heterocycles. The van der Waals surface area contributed by atoms with Crippen molar-refractivity contribution in [1.29, 1.82) is 0 Å². The van der Waals surface area contributed by atoms with E-state index in [0.717, 1.165) is 0 Å². The SMILES string of the molecule is COCCNC(=O)Cn1c(C)ccc(C(N)=S)c1=O. The lowest BCUT2D eigenvalue weighted by Gasteiger charge is -2.11. The van der Waals surface area contributed by atoms with Gasteiger partial charge >= 0.3 is 0 Å². The summed E-state index contributed by atoms with van der Waals surface area (Å²) in [5.74, 6) is -0.262. The van der Waals surface area contributed by atoms with Gasteiger partial charge in [0.2, 0.25) is 5.91 Å². The van der Waals surface area contributed by atoms with E-state index in [2.05, 4.69) is 5.32 Å². The lowest BCUT2D eigenvalue weighted by Crippen LogP contribution is -2.37. The number of methoxy groups -OCH3 is 1. The largest absolute Gasteiger partial charge is 0.389 e. The molecule has 0 fully saturated rings. The second-order valence-electron chi connectivity index (χ2n) is 3.99. The summed E-state index contributed by atoms with van der Waals surface area (Å²) in [6, 6.07) is 3.28. The van der Waals surface area contributed by atoms with Gasteiger partial charge in [0.15, 0.2) is 0 Å². The van der Waals surface area contributed by atoms with E-state index in [1.807, 2.05) is 0 Å². The minimum atomic E-state index is -0.352. The van der Waals surface area contributed by atoms with E-state index in [9.17, 15) is 9.59 Å². The minimum absolute atomic E-state index is 0.0264. The third-order valence-electron chi connectivity index (χ3n) is 2.59. The fourth-order valence-corrected chi connectivity index (χ4v) is 1.70. The molecule has 0 unspecified atom stereocenters. The Morgan fingerprint density at radius 1 is 1.53 bits per heavy atom. The van der Waals surface area contributed by atoms with Crippen molar-refractivity contribution in [2.75, 3.05) is 20.3 Å². The summed E-state index contributed by atoms with van der Waals surface area (Å²) in [4.78, 5) is 23.8. The lowest BCUT2D eigenvalue weighted by molar-refractivity contribution is -0.121. The molecule has 104 valence electrons. The van der Waals surface area contributed by atoms with Crippen LogP contribution in [0, 0.1) is 6.92 Å². The van der Waals surface area contributed by atoms with E-state index < -0.39 is 0 Å². The van der Waals surface area contributed by atoms with Crippen LogP contribution in [0.5, 0.6) is 0 Å². The second-order valence-corrected chi connectivity index (χ2v) is 4.43. The molecular formula is C12H17N3O3S. The summed E-state index contributed by atoms with van der Waals surface area (Å²) >= 11 is 4.80. The van der Waals surface area contributed by atoms with Crippen LogP contribution in [0.2, 0.25) is 0 Å². The van der Waals surface area contributed by atoms with Crippen LogP contribution >= 0.6 is 12.2 Å². The van der Waals surface area contributed by atoms with Crippen LogP contribution in [0.4, 0.5) is 0 Å². The van der Waals surface area contributed by atoms with E-state index in [1.165, 1.54) is 4.57 Å². The molecule has 0 saturated carbocycles. The standard InChI is InChI=1S/C12H17N3O3S/c1-8-3-4-9(11(13)19)12(17)15(8)7-10(16)14-5-6-18-2/h3-4H,5-7H2,1-2H3,(H2,13,19)(H,14,16). The average molecular weight is 283 g/mol. The van der Waals surface area contributed by atoms with Crippen LogP contribution in [0.15, 0.2) is 16.9 Å². The second kappa shape index (κ2) is 7.01. The number of nitrogens with two attached hydrogens (primary N) is 1. The predicted molar refractivity (Wildman–Crippen MR) is 76.2 cm³/mol. The van der Waals surface area contributed by atoms with Gasteiger partial charge in [0.1, 0.15) is 11.5 Å². The number of nitrogens with zero attached hydrogens (tertiary/aromatic N) is 1. The highest BCUT2D eigenvalue weighted by atomic mass is 32.1. The van der Waals surface area contributed by atoms with E-state index in [4.69, 9.17) is 22.7 Å². The van der Waals surface area contributed by atoms with Crippen molar-refractivity contribution in [2.45, 2.75) is 13.5 Å². The van der Waals surface area contributed by atoms with Crippen molar-refractivity contribution in [3.63, 3.8) is 0 Å². The first-order valence-electron chi connectivity index (χ1n) is 5.73. The molecule has 0 aromatic carbocycles. The van der Waals surface area contributed by atoms with Gasteiger partial charge in [-0.3, -0.25) is 9.59 Å². The quantitative estimate of drug-likeness (QED) is 0.546. The van der Waals surface area contributed by atoms with Crippen LogP contribution in [0.25, 0.3) is 0 Å². The summed E-state index contributed by atoms with van der Waals surface area (Å²) in [6.45, 7) is 2.50. The van der Waals surface area contributed by atoms with Crippen molar-refractivity contribution in [1.82, 2.24) is 9.88 Å². The lowest BCUT2D eigenvalue weighted by atomic mass is 10.2. The van der Waals surface area contributed by atoms with Gasteiger partial charge in [0, 0.05) is 19.3 Å². The Morgan fingerprint density at radius 2 is 2.21 bits per heavy atom. The van der Waals surface area contributed by atoms with Crippen LogP contribution in [0.1, 0.15) is 11.3 Å². The summed E-state index contributed by atoms with van der Waals surface area (Å²) in [6.07, 6.45) is 0. The molecule has 0 spiro atoms. The van der Waals surface area contributed by atoms with Crippen LogP contribution in [-0.2, 0) is 16.1 Å². The fourth-order valence-electron chi connectivity index (χ4n) is 1.55. The highest BCUT2D eigenvalue weighted by Crippen LogP contribution is 1.98. The highest BCUT2D eigenvalue weighted by molar-refractivity contribution is 7.80. The maximum absolute atomic E-state index is 12.1. The molecule has 7 heteroatoms. The summed E-state index contributed by atoms with van der Waals surface area (Å²) in [5.41, 5.74) is 6.03. The minimum Gasteiger partial charge on any atom is -0.389 e. The molecule has 0 aliphatic carbocycles. The molecule has 0 aliphatic rings. The zero-order valence-electron chi connectivity index (χ0n) is 10.9. The van der Waals surface area contributed by atoms with E-state index in [0.29, 0.717) is 18.8 Å². The molecule has 1 aromatic heterocycles. The molecule has 0 aliphatic heterocycles. The Kier molecular flexibility index (Phi) is 5.65. The molecule has 6 nitrogen and oxygen atoms in total. The molecular weight excluding hydrogens is 266 g/mol. The van der Waals surface area contributed by atoms with Gasteiger partial charge in [-0.15, -0.1) is 0 Å². The van der Waals surface area contributed by atoms with Crippen LogP contribution < -0.4 is 16.6 Å². The first-order valence-corrected chi connectivity index (χ1v) is 6.14. The normalized spacial score (nSPS) is 10.2. The van der Waals surface area contributed by atoms with Gasteiger partial charge in [-0.2, -0.15) is 0 Å². The van der Waals surface area contributed by atoms with Gasteiger partial charge in [-0.25, -0.2) is 0 Å². The van der Waals surface area contributed by atoms with Gasteiger partial charge in [-0.05, 0) is 19.1 Å². The summed E-state index contributed by atoms with van der Waals surface area (Å²) in [5, 5.41) is 2.65. The number of carbonyl (C=O) groups excluding carboxylic acids is 1. The third-order valence-corrected chi connectivity index (χ3v) is 2.81. The van der Waals surface area contributed by atoms with E-state index in [1.54, 1.807) is 26.2 Å². The van der Waals surface area contributed by atoms with Crippen molar-refractivity contribution in [3.05, 3.63) is 33.7 Å². The Bertz CT molecular complexity index is 540. The fraction of sp³-hybridized carbons (Fsp3) is 0.417. The number of hydrogen-bond acceptors (Lipinski definition) is 4. The molecule has 19 heavy (non-hydrogen) atoms. The average Bonchev–Trinajstić information content (AvgIpc) is 2.34. The Hall–Kier alpha value is -1.73. The van der Waals surface area contributed by atoms with Crippen LogP contribution in [-0.4, -0.2) is 35.7 Å². The molecule has 3 N–H and O–H groups in total. The Balaban J connectivity index is 2.89. The Morgan fingerprint density at radius 3 is 2.79 bits per heavy atom. The molecule has 0 saturated heterocycles. The third kappa shape index (κ3) is 4.15. The highest BCUT2D eigenvalue weighted by Gasteiger charge is 2.11. The topological polar surface area (TPSA) is 86.3 Å². The van der Waals surface area contributed by atoms with Crippen molar-refractivity contribution in [2.24, 2.45) is 5.73 Å². The number of aromatic nitrogens is 1. The van der Waals surface area contributed by atoms with E-state index >= 15 is 0 Å². The molecule has 0 bridgehead atoms. The zero-order chi connectivity index (χ0) is 14.4. The summed E-state index contributed by atoms with van der Waals surface area (Å²) in [7, 11) is 1.55. The number of aryl methyl sites for hydroxylation is 1. The van der Waals surface area contributed by atoms with E-state index in [-0.39, 0.29) is 28.6 Å². The monoisotopic (exact) mass is 283 g/mol. The smallest absolute Gasteiger partial charge is 0.261 e. The number of carbonyl (C=O) groups is 1. The number of hydrogen-bond donors (Lipinski definition) is 2. The molecule has 1 rings (SSSR count). The predicted octanol–water partition coefficient (Wildman–Crippen LogP) is -0.446. The number of rotatable bonds is 6. The van der Waals surface area contributed by atoms with Gasteiger partial charge in [0.25, 0.3) is 5.56 Å². The Labute approximate surface area is 116 Å². The first kappa shape index (κ1) is 15.3. The number of pyridine rings is 1. The van der Waals surface area contributed by atoms with Crippen LogP contribution in [0.3, 0.4) is 0 Å². The van der Waals surface area contributed by atoms with Gasteiger partial charge in [-0.1, -0.05) is 12.2 Å². The maximum atomic E-state index is 12.1. The number of nitrogens with one attached hydrogen (secondary N) is 1. The maximum Gasteiger partial charge on any atom is 0.261 e. The zero-order valence-corrected chi connectivity index (χ0v) is 11.8. The van der Waals surface area contributed by atoms with Crippen molar-refractivity contribution in [3.8, 4) is 0 Å².